The first-order valence-corrected chi connectivity index (χ1v) is 13.0. The maximum atomic E-state index is 13.6. The van der Waals surface area contributed by atoms with E-state index in [4.69, 9.17) is 4.74 Å². The van der Waals surface area contributed by atoms with Crippen LogP contribution in [-0.2, 0) is 33.0 Å². The highest BCUT2D eigenvalue weighted by Gasteiger charge is 2.38. The second-order valence-electron chi connectivity index (χ2n) is 9.80. The van der Waals surface area contributed by atoms with Crippen LogP contribution in [0.4, 0.5) is 18.9 Å². The second-order valence-corrected chi connectivity index (χ2v) is 11.7. The number of carbonyl (C=O) groups is 1. The van der Waals surface area contributed by atoms with Crippen molar-refractivity contribution in [3.05, 3.63) is 89.5 Å². The van der Waals surface area contributed by atoms with Gasteiger partial charge in [-0.1, -0.05) is 57.2 Å². The number of carbonyl (C=O) groups excluding carboxylic acids is 1. The Morgan fingerprint density at radius 2 is 1.68 bits per heavy atom. The third kappa shape index (κ3) is 5.74. The van der Waals surface area contributed by atoms with Crippen molar-refractivity contribution in [2.75, 3.05) is 10.8 Å². The molecule has 1 N–H and O–H groups in total. The van der Waals surface area contributed by atoms with Gasteiger partial charge >= 0.3 is 6.18 Å². The zero-order valence-corrected chi connectivity index (χ0v) is 21.4. The molecule has 1 amide bonds. The number of fused-ring (bicyclic) bond motifs is 1. The summed E-state index contributed by atoms with van der Waals surface area (Å²) in [6.45, 7) is 5.52. The minimum atomic E-state index is -4.51. The van der Waals surface area contributed by atoms with Crippen LogP contribution in [0, 0.1) is 0 Å². The number of hydrogen-bond donors (Lipinski definition) is 1. The van der Waals surface area contributed by atoms with Crippen LogP contribution < -0.4 is 14.4 Å². The van der Waals surface area contributed by atoms with Crippen LogP contribution in [0.25, 0.3) is 0 Å². The van der Waals surface area contributed by atoms with Gasteiger partial charge < -0.3 is 10.1 Å². The Morgan fingerprint density at radius 1 is 0.973 bits per heavy atom. The van der Waals surface area contributed by atoms with E-state index in [1.165, 1.54) is 24.3 Å². The first-order valence-electron chi connectivity index (χ1n) is 11.6. The number of amides is 1. The first-order chi connectivity index (χ1) is 17.3. The molecule has 3 aromatic rings. The minimum Gasteiger partial charge on any atom is -0.476 e. The molecule has 0 bridgehead atoms. The molecule has 3 aromatic carbocycles. The molecule has 1 atom stereocenters. The molecule has 0 spiro atoms. The number of alkyl halides is 3. The van der Waals surface area contributed by atoms with Gasteiger partial charge in [0, 0.05) is 6.54 Å². The number of hydrogen-bond acceptors (Lipinski definition) is 4. The van der Waals surface area contributed by atoms with Gasteiger partial charge in [-0.05, 0) is 52.9 Å². The van der Waals surface area contributed by atoms with Crippen LogP contribution in [-0.4, -0.2) is 27.0 Å². The van der Waals surface area contributed by atoms with Crippen molar-refractivity contribution in [3.63, 3.8) is 0 Å². The normalized spacial score (nSPS) is 16.1. The maximum Gasteiger partial charge on any atom is 0.416 e. The number of nitrogens with zero attached hydrogens (tertiary/aromatic N) is 1. The van der Waals surface area contributed by atoms with Gasteiger partial charge in [-0.3, -0.25) is 9.10 Å². The van der Waals surface area contributed by atoms with Crippen molar-refractivity contribution in [2.45, 2.75) is 49.9 Å². The van der Waals surface area contributed by atoms with Crippen molar-refractivity contribution in [2.24, 2.45) is 0 Å². The summed E-state index contributed by atoms with van der Waals surface area (Å²) in [4.78, 5) is 13.1. The van der Waals surface area contributed by atoms with E-state index in [-0.39, 0.29) is 34.7 Å². The Bertz CT molecular complexity index is 1400. The molecule has 0 aromatic heterocycles. The summed E-state index contributed by atoms with van der Waals surface area (Å²) in [5.74, 6) is -0.422. The van der Waals surface area contributed by atoms with E-state index >= 15 is 0 Å². The summed E-state index contributed by atoms with van der Waals surface area (Å²) >= 11 is 0. The molecule has 196 valence electrons. The predicted molar refractivity (Wildman–Crippen MR) is 134 cm³/mol. The zero-order valence-electron chi connectivity index (χ0n) is 20.5. The molecule has 1 heterocycles. The summed E-state index contributed by atoms with van der Waals surface area (Å²) in [6, 6.07) is 17.7. The Kier molecular flexibility index (Phi) is 6.98. The topological polar surface area (TPSA) is 75.7 Å². The fraction of sp³-hybridized carbons (Fsp3) is 0.296. The third-order valence-corrected chi connectivity index (χ3v) is 7.83. The molecule has 1 aliphatic rings. The molecular weight excluding hydrogens is 505 g/mol. The molecule has 0 fully saturated rings. The van der Waals surface area contributed by atoms with Crippen LogP contribution in [0.1, 0.15) is 37.5 Å². The Hall–Kier alpha value is -3.53. The summed E-state index contributed by atoms with van der Waals surface area (Å²) in [6.07, 6.45) is -5.72. The molecule has 6 nitrogen and oxygen atoms in total. The van der Waals surface area contributed by atoms with Crippen molar-refractivity contribution in [3.8, 4) is 5.75 Å². The molecule has 0 radical (unpaired) electrons. The molecule has 0 saturated carbocycles. The number of ether oxygens (including phenoxy) is 1. The lowest BCUT2D eigenvalue weighted by atomic mass is 9.86. The van der Waals surface area contributed by atoms with Crippen molar-refractivity contribution >= 4 is 21.6 Å². The summed E-state index contributed by atoms with van der Waals surface area (Å²) in [5.41, 5.74) is 0.365. The van der Waals surface area contributed by atoms with Crippen LogP contribution in [0.2, 0.25) is 0 Å². The van der Waals surface area contributed by atoms with Crippen molar-refractivity contribution in [1.82, 2.24) is 5.32 Å². The van der Waals surface area contributed by atoms with E-state index in [9.17, 15) is 26.4 Å². The van der Waals surface area contributed by atoms with E-state index in [1.807, 2.05) is 26.8 Å². The zero-order chi connectivity index (χ0) is 27.0. The van der Waals surface area contributed by atoms with Crippen molar-refractivity contribution in [1.29, 1.82) is 0 Å². The lowest BCUT2D eigenvalue weighted by Crippen LogP contribution is -2.50. The Morgan fingerprint density at radius 3 is 2.32 bits per heavy atom. The predicted octanol–water partition coefficient (Wildman–Crippen LogP) is 5.28. The number of rotatable bonds is 5. The fourth-order valence-corrected chi connectivity index (χ4v) is 5.45. The average Bonchev–Trinajstić information content (AvgIpc) is 2.86. The quantitative estimate of drug-likeness (QED) is 0.486. The van der Waals surface area contributed by atoms with Gasteiger partial charge in [-0.2, -0.15) is 13.2 Å². The molecule has 10 heteroatoms. The molecule has 0 unspecified atom stereocenters. The highest BCUT2D eigenvalue weighted by Crippen LogP contribution is 2.40. The SMILES string of the molecule is CC(C)(C)c1ccc2c(c1)N(S(=O)(=O)c1ccccc1)C[C@@H](C(=O)NCc1cccc(C(F)(F)F)c1)O2. The summed E-state index contributed by atoms with van der Waals surface area (Å²) < 4.78 is 73.4. The molecule has 4 rings (SSSR count). The molecule has 1 aliphatic heterocycles. The highest BCUT2D eigenvalue weighted by atomic mass is 32.2. The number of benzene rings is 3. The van der Waals surface area contributed by atoms with Gasteiger partial charge in [-0.25, -0.2) is 8.42 Å². The summed E-state index contributed by atoms with van der Waals surface area (Å²) in [7, 11) is -4.04. The highest BCUT2D eigenvalue weighted by molar-refractivity contribution is 7.92. The Labute approximate surface area is 214 Å². The van der Waals surface area contributed by atoms with Crippen LogP contribution >= 0.6 is 0 Å². The fourth-order valence-electron chi connectivity index (χ4n) is 3.96. The van der Waals surface area contributed by atoms with Gasteiger partial charge in [0.1, 0.15) is 5.75 Å². The maximum absolute atomic E-state index is 13.6. The smallest absolute Gasteiger partial charge is 0.416 e. The average molecular weight is 533 g/mol. The molecular formula is C27H27F3N2O4S. The van der Waals surface area contributed by atoms with Gasteiger partial charge in [0.15, 0.2) is 6.10 Å². The second kappa shape index (κ2) is 9.74. The summed E-state index contributed by atoms with van der Waals surface area (Å²) in [5, 5.41) is 2.57. The van der Waals surface area contributed by atoms with Gasteiger partial charge in [0.25, 0.3) is 15.9 Å². The monoisotopic (exact) mass is 532 g/mol. The van der Waals surface area contributed by atoms with E-state index in [0.717, 1.165) is 22.0 Å². The number of anilines is 1. The minimum absolute atomic E-state index is 0.0622. The largest absolute Gasteiger partial charge is 0.476 e. The standard InChI is InChI=1S/C27H27F3N2O4S/c1-26(2,3)19-12-13-23-22(15-19)32(37(34,35)21-10-5-4-6-11-21)17-24(36-23)25(33)31-16-18-8-7-9-20(14-18)27(28,29)30/h4-15,24H,16-17H2,1-3H3,(H,31,33)/t24-/m0/s1. The number of sulfonamides is 1. The lowest BCUT2D eigenvalue weighted by molar-refractivity contribution is -0.137. The van der Waals surface area contributed by atoms with Crippen molar-refractivity contribution < 1.29 is 31.1 Å². The van der Waals surface area contributed by atoms with Gasteiger partial charge in [0.2, 0.25) is 0 Å². The van der Waals surface area contributed by atoms with E-state index in [1.54, 1.807) is 30.3 Å². The van der Waals surface area contributed by atoms with E-state index in [0.29, 0.717) is 5.69 Å². The number of halogens is 3. The molecule has 0 aliphatic carbocycles. The molecule has 0 saturated heterocycles. The number of nitrogens with one attached hydrogen (secondary N) is 1. The third-order valence-electron chi connectivity index (χ3n) is 6.04. The first kappa shape index (κ1) is 26.5. The van der Waals surface area contributed by atoms with Crippen LogP contribution in [0.5, 0.6) is 5.75 Å². The Balaban J connectivity index is 1.63. The van der Waals surface area contributed by atoms with Gasteiger partial charge in [0.05, 0.1) is 22.7 Å². The van der Waals surface area contributed by atoms with Crippen LogP contribution in [0.3, 0.4) is 0 Å². The molecule has 37 heavy (non-hydrogen) atoms. The van der Waals surface area contributed by atoms with Gasteiger partial charge in [-0.15, -0.1) is 0 Å². The van der Waals surface area contributed by atoms with Crippen LogP contribution in [0.15, 0.2) is 77.7 Å². The van der Waals surface area contributed by atoms with E-state index in [2.05, 4.69) is 5.32 Å². The lowest BCUT2D eigenvalue weighted by Gasteiger charge is -2.36. The van der Waals surface area contributed by atoms with E-state index < -0.39 is 33.8 Å².